The van der Waals surface area contributed by atoms with E-state index in [4.69, 9.17) is 9.47 Å². The predicted octanol–water partition coefficient (Wildman–Crippen LogP) is 2.84. The summed E-state index contributed by atoms with van der Waals surface area (Å²) in [6.45, 7) is 2.44. The largest absolute Gasteiger partial charge is 0.495 e. The fraction of sp³-hybridized carbons (Fsp3) is 0.238. The lowest BCUT2D eigenvalue weighted by molar-refractivity contribution is -0.137. The van der Waals surface area contributed by atoms with Crippen LogP contribution < -0.4 is 10.1 Å². The maximum atomic E-state index is 13.0. The molecule has 2 aromatic carbocycles. The zero-order valence-electron chi connectivity index (χ0n) is 15.6. The van der Waals surface area contributed by atoms with Crippen molar-refractivity contribution in [2.75, 3.05) is 32.7 Å². The number of aryl methyl sites for hydroxylation is 1. The predicted molar refractivity (Wildman–Crippen MR) is 103 cm³/mol. The highest BCUT2D eigenvalue weighted by Crippen LogP contribution is 2.33. The van der Waals surface area contributed by atoms with Crippen molar-refractivity contribution in [1.82, 2.24) is 4.90 Å². The Morgan fingerprint density at radius 3 is 2.33 bits per heavy atom. The summed E-state index contributed by atoms with van der Waals surface area (Å²) in [4.78, 5) is 27.2. The van der Waals surface area contributed by atoms with Crippen molar-refractivity contribution >= 4 is 23.1 Å². The van der Waals surface area contributed by atoms with Gasteiger partial charge in [0.25, 0.3) is 11.8 Å². The van der Waals surface area contributed by atoms with Gasteiger partial charge in [-0.15, -0.1) is 0 Å². The lowest BCUT2D eigenvalue weighted by Gasteiger charge is -2.15. The molecule has 0 saturated heterocycles. The molecule has 6 nitrogen and oxygen atoms in total. The summed E-state index contributed by atoms with van der Waals surface area (Å²) in [7, 11) is 3.09. The minimum atomic E-state index is -0.376. The molecule has 2 aromatic rings. The first-order valence-electron chi connectivity index (χ1n) is 8.63. The Hall–Kier alpha value is -3.12. The number of hydrogen-bond acceptors (Lipinski definition) is 5. The van der Waals surface area contributed by atoms with Crippen molar-refractivity contribution in [3.63, 3.8) is 0 Å². The summed E-state index contributed by atoms with van der Waals surface area (Å²) in [6, 6.07) is 14.8. The van der Waals surface area contributed by atoms with Crippen LogP contribution in [0.4, 0.5) is 5.69 Å². The van der Waals surface area contributed by atoms with E-state index in [1.54, 1.807) is 19.2 Å². The standard InChI is InChI=1S/C21H22N2O4/c1-14-8-10-15(11-9-14)18-19(21(25)23(20(18)24)12-13-26-2)22-16-6-4-5-7-17(16)27-3/h4-11,22H,12-13H2,1-3H3. The number of anilines is 1. The van der Waals surface area contributed by atoms with Crippen molar-refractivity contribution in [3.8, 4) is 5.75 Å². The van der Waals surface area contributed by atoms with Crippen LogP contribution in [-0.4, -0.2) is 44.1 Å². The van der Waals surface area contributed by atoms with E-state index in [-0.39, 0.29) is 30.7 Å². The number of methoxy groups -OCH3 is 2. The maximum absolute atomic E-state index is 13.0. The van der Waals surface area contributed by atoms with Crippen molar-refractivity contribution in [2.45, 2.75) is 6.92 Å². The van der Waals surface area contributed by atoms with E-state index in [9.17, 15) is 9.59 Å². The van der Waals surface area contributed by atoms with Crippen LogP contribution in [0.2, 0.25) is 0 Å². The van der Waals surface area contributed by atoms with Gasteiger partial charge in [0.05, 0.1) is 31.5 Å². The normalized spacial score (nSPS) is 14.1. The van der Waals surface area contributed by atoms with E-state index in [0.717, 1.165) is 5.56 Å². The molecule has 1 heterocycles. The summed E-state index contributed by atoms with van der Waals surface area (Å²) < 4.78 is 10.4. The van der Waals surface area contributed by atoms with Gasteiger partial charge in [-0.25, -0.2) is 0 Å². The van der Waals surface area contributed by atoms with E-state index < -0.39 is 0 Å². The molecule has 0 fully saturated rings. The van der Waals surface area contributed by atoms with Gasteiger partial charge in [-0.3, -0.25) is 14.5 Å². The molecular formula is C21H22N2O4. The molecular weight excluding hydrogens is 344 g/mol. The Balaban J connectivity index is 2.06. The summed E-state index contributed by atoms with van der Waals surface area (Å²) in [5, 5.41) is 3.11. The van der Waals surface area contributed by atoms with Gasteiger partial charge in [0, 0.05) is 7.11 Å². The minimum Gasteiger partial charge on any atom is -0.495 e. The van der Waals surface area contributed by atoms with Crippen molar-refractivity contribution in [1.29, 1.82) is 0 Å². The molecule has 0 saturated carbocycles. The van der Waals surface area contributed by atoms with Crippen molar-refractivity contribution in [3.05, 3.63) is 65.4 Å². The second-order valence-electron chi connectivity index (χ2n) is 6.20. The van der Waals surface area contributed by atoms with Gasteiger partial charge in [0.15, 0.2) is 0 Å². The molecule has 0 bridgehead atoms. The van der Waals surface area contributed by atoms with Crippen LogP contribution in [0.25, 0.3) is 5.57 Å². The number of benzene rings is 2. The molecule has 0 aromatic heterocycles. The van der Waals surface area contributed by atoms with Crippen molar-refractivity contribution in [2.24, 2.45) is 0 Å². The number of hydrogen-bond donors (Lipinski definition) is 1. The molecule has 0 spiro atoms. The number of nitrogens with zero attached hydrogens (tertiary/aromatic N) is 1. The number of nitrogens with one attached hydrogen (secondary N) is 1. The fourth-order valence-electron chi connectivity index (χ4n) is 2.95. The minimum absolute atomic E-state index is 0.195. The number of rotatable bonds is 7. The van der Waals surface area contributed by atoms with Gasteiger partial charge < -0.3 is 14.8 Å². The smallest absolute Gasteiger partial charge is 0.278 e. The molecule has 140 valence electrons. The van der Waals surface area contributed by atoms with Gasteiger partial charge in [-0.1, -0.05) is 42.0 Å². The summed E-state index contributed by atoms with van der Waals surface area (Å²) >= 11 is 0. The van der Waals surface area contributed by atoms with Gasteiger partial charge in [0.2, 0.25) is 0 Å². The summed E-state index contributed by atoms with van der Waals surface area (Å²) in [5.74, 6) is -0.124. The van der Waals surface area contributed by atoms with E-state index in [1.807, 2.05) is 43.3 Å². The molecule has 0 atom stereocenters. The third-order valence-corrected chi connectivity index (χ3v) is 4.39. The Morgan fingerprint density at radius 2 is 1.67 bits per heavy atom. The highest BCUT2D eigenvalue weighted by Gasteiger charge is 2.39. The number of amides is 2. The highest BCUT2D eigenvalue weighted by molar-refractivity contribution is 6.36. The first-order valence-corrected chi connectivity index (χ1v) is 8.63. The first-order chi connectivity index (χ1) is 13.1. The highest BCUT2D eigenvalue weighted by atomic mass is 16.5. The quantitative estimate of drug-likeness (QED) is 0.763. The second-order valence-corrected chi connectivity index (χ2v) is 6.20. The van der Waals surface area contributed by atoms with Crippen LogP contribution in [0, 0.1) is 6.92 Å². The molecule has 1 N–H and O–H groups in total. The van der Waals surface area contributed by atoms with E-state index in [1.165, 1.54) is 12.0 Å². The Morgan fingerprint density at radius 1 is 0.963 bits per heavy atom. The molecule has 2 amide bonds. The van der Waals surface area contributed by atoms with Crippen molar-refractivity contribution < 1.29 is 19.1 Å². The van der Waals surface area contributed by atoms with Gasteiger partial charge >= 0.3 is 0 Å². The van der Waals surface area contributed by atoms with Gasteiger partial charge in [0.1, 0.15) is 11.4 Å². The molecule has 1 aliphatic heterocycles. The summed E-state index contributed by atoms with van der Waals surface area (Å²) in [5.41, 5.74) is 2.98. The Bertz CT molecular complexity index is 887. The van der Waals surface area contributed by atoms with E-state index in [0.29, 0.717) is 22.6 Å². The van der Waals surface area contributed by atoms with Crippen LogP contribution in [-0.2, 0) is 14.3 Å². The SMILES string of the molecule is COCCN1C(=O)C(Nc2ccccc2OC)=C(c2ccc(C)cc2)C1=O. The van der Waals surface area contributed by atoms with Gasteiger partial charge in [-0.2, -0.15) is 0 Å². The number of carbonyl (C=O) groups is 2. The lowest BCUT2D eigenvalue weighted by atomic mass is 10.0. The second kappa shape index (κ2) is 8.05. The van der Waals surface area contributed by atoms with E-state index >= 15 is 0 Å². The van der Waals surface area contributed by atoms with Crippen LogP contribution in [0.5, 0.6) is 5.75 Å². The number of para-hydroxylation sites is 2. The maximum Gasteiger partial charge on any atom is 0.278 e. The van der Waals surface area contributed by atoms with Crippen LogP contribution in [0.3, 0.4) is 0 Å². The fourth-order valence-corrected chi connectivity index (χ4v) is 2.95. The third-order valence-electron chi connectivity index (χ3n) is 4.39. The average Bonchev–Trinajstić information content (AvgIpc) is 2.91. The molecule has 6 heteroatoms. The molecule has 0 radical (unpaired) electrons. The molecule has 3 rings (SSSR count). The van der Waals surface area contributed by atoms with Crippen LogP contribution in [0.1, 0.15) is 11.1 Å². The number of ether oxygens (including phenoxy) is 2. The topological polar surface area (TPSA) is 67.9 Å². The number of carbonyl (C=O) groups excluding carboxylic acids is 2. The third kappa shape index (κ3) is 3.71. The lowest BCUT2D eigenvalue weighted by Crippen LogP contribution is -2.35. The zero-order valence-corrected chi connectivity index (χ0v) is 15.6. The van der Waals surface area contributed by atoms with E-state index in [2.05, 4.69) is 5.32 Å². The van der Waals surface area contributed by atoms with Gasteiger partial charge in [-0.05, 0) is 24.6 Å². The molecule has 1 aliphatic rings. The molecule has 0 aliphatic carbocycles. The Labute approximate surface area is 158 Å². The van der Waals surface area contributed by atoms with Crippen LogP contribution >= 0.6 is 0 Å². The zero-order chi connectivity index (χ0) is 19.4. The summed E-state index contributed by atoms with van der Waals surface area (Å²) in [6.07, 6.45) is 0. The number of imide groups is 1. The monoisotopic (exact) mass is 366 g/mol. The molecule has 27 heavy (non-hydrogen) atoms. The average molecular weight is 366 g/mol. The Kier molecular flexibility index (Phi) is 5.57. The first kappa shape index (κ1) is 18.7. The van der Waals surface area contributed by atoms with Crippen LogP contribution in [0.15, 0.2) is 54.2 Å². The molecule has 0 unspecified atom stereocenters.